The summed E-state index contributed by atoms with van der Waals surface area (Å²) in [4.78, 5) is 21.7. The van der Waals surface area contributed by atoms with Gasteiger partial charge >= 0.3 is 0 Å². The van der Waals surface area contributed by atoms with Gasteiger partial charge in [-0.2, -0.15) is 0 Å². The van der Waals surface area contributed by atoms with Gasteiger partial charge in [-0.1, -0.05) is 5.16 Å². The molecule has 6 heteroatoms. The fourth-order valence-corrected chi connectivity index (χ4v) is 3.78. The normalized spacial score (nSPS) is 22.3. The third-order valence-corrected chi connectivity index (χ3v) is 5.06. The minimum Gasteiger partial charge on any atom is -0.336 e. The Morgan fingerprint density at radius 3 is 2.96 bits per heavy atom. The lowest BCUT2D eigenvalue weighted by Crippen LogP contribution is -2.42. The number of carbonyl (C=O) groups excluding carboxylic acids is 1. The van der Waals surface area contributed by atoms with Gasteiger partial charge in [-0.25, -0.2) is 4.98 Å². The summed E-state index contributed by atoms with van der Waals surface area (Å²) in [6.07, 6.45) is 6.37. The molecule has 2 aliphatic heterocycles. The van der Waals surface area contributed by atoms with Gasteiger partial charge in [-0.15, -0.1) is 0 Å². The number of pyridine rings is 1. The van der Waals surface area contributed by atoms with Crippen LogP contribution >= 0.6 is 0 Å². The molecule has 2 fully saturated rings. The zero-order chi connectivity index (χ0) is 15.8. The van der Waals surface area contributed by atoms with Crippen LogP contribution in [0.5, 0.6) is 0 Å². The van der Waals surface area contributed by atoms with Crippen molar-refractivity contribution in [1.29, 1.82) is 0 Å². The van der Waals surface area contributed by atoms with Gasteiger partial charge in [-0.05, 0) is 51.8 Å². The molecule has 0 N–H and O–H groups in total. The van der Waals surface area contributed by atoms with E-state index in [-0.39, 0.29) is 5.91 Å². The number of nitrogens with zero attached hydrogens (tertiary/aromatic N) is 4. The summed E-state index contributed by atoms with van der Waals surface area (Å²) in [5.41, 5.74) is 1.91. The summed E-state index contributed by atoms with van der Waals surface area (Å²) in [5.74, 6) is 0.0849. The predicted octanol–water partition coefficient (Wildman–Crippen LogP) is 2.23. The third-order valence-electron chi connectivity index (χ3n) is 5.06. The van der Waals surface area contributed by atoms with Gasteiger partial charge < -0.3 is 14.3 Å². The summed E-state index contributed by atoms with van der Waals surface area (Å²) >= 11 is 0. The second kappa shape index (κ2) is 5.92. The first-order valence-corrected chi connectivity index (χ1v) is 8.48. The van der Waals surface area contributed by atoms with Crippen LogP contribution in [-0.4, -0.2) is 58.1 Å². The Labute approximate surface area is 135 Å². The highest BCUT2D eigenvalue weighted by molar-refractivity contribution is 5.97. The molecule has 0 aliphatic carbocycles. The van der Waals surface area contributed by atoms with Crippen molar-refractivity contribution in [3.05, 3.63) is 23.5 Å². The Bertz CT molecular complexity index is 720. The van der Waals surface area contributed by atoms with Crippen molar-refractivity contribution in [2.45, 2.75) is 38.6 Å². The molecule has 0 unspecified atom stereocenters. The van der Waals surface area contributed by atoms with Crippen LogP contribution in [0.4, 0.5) is 0 Å². The van der Waals surface area contributed by atoms with E-state index in [9.17, 15) is 4.79 Å². The van der Waals surface area contributed by atoms with Crippen molar-refractivity contribution in [3.63, 3.8) is 0 Å². The van der Waals surface area contributed by atoms with Gasteiger partial charge in [0, 0.05) is 25.3 Å². The van der Waals surface area contributed by atoms with Crippen LogP contribution in [0.15, 0.2) is 16.8 Å². The molecule has 0 aromatic carbocycles. The molecule has 1 atom stereocenters. The molecule has 0 spiro atoms. The number of carbonyl (C=O) groups is 1. The average Bonchev–Trinajstić information content (AvgIpc) is 3.29. The topological polar surface area (TPSA) is 62.5 Å². The van der Waals surface area contributed by atoms with Crippen LogP contribution in [-0.2, 0) is 0 Å². The smallest absolute Gasteiger partial charge is 0.257 e. The van der Waals surface area contributed by atoms with Crippen molar-refractivity contribution in [1.82, 2.24) is 19.9 Å². The van der Waals surface area contributed by atoms with Crippen LogP contribution in [0.2, 0.25) is 0 Å². The maximum absolute atomic E-state index is 12.9. The monoisotopic (exact) mass is 314 g/mol. The number of hydrogen-bond donors (Lipinski definition) is 0. The Hall–Kier alpha value is -1.95. The Balaban J connectivity index is 1.54. The lowest BCUT2D eigenvalue weighted by atomic mass is 10.1. The van der Waals surface area contributed by atoms with E-state index in [1.807, 2.05) is 17.9 Å². The Morgan fingerprint density at radius 2 is 2.13 bits per heavy atom. The van der Waals surface area contributed by atoms with Crippen molar-refractivity contribution in [3.8, 4) is 0 Å². The average molecular weight is 314 g/mol. The van der Waals surface area contributed by atoms with E-state index in [0.717, 1.165) is 37.0 Å². The molecular formula is C17H22N4O2. The molecule has 6 nitrogen and oxygen atoms in total. The molecule has 1 amide bonds. The van der Waals surface area contributed by atoms with E-state index in [1.54, 1.807) is 6.20 Å². The van der Waals surface area contributed by atoms with E-state index in [0.29, 0.717) is 17.3 Å². The first-order valence-electron chi connectivity index (χ1n) is 8.48. The summed E-state index contributed by atoms with van der Waals surface area (Å²) < 4.78 is 5.13. The molecule has 122 valence electrons. The molecular weight excluding hydrogens is 292 g/mol. The summed E-state index contributed by atoms with van der Waals surface area (Å²) in [6.45, 7) is 6.07. The van der Waals surface area contributed by atoms with Crippen LogP contribution in [0.3, 0.4) is 0 Å². The largest absolute Gasteiger partial charge is 0.336 e. The van der Waals surface area contributed by atoms with Crippen LogP contribution in [0, 0.1) is 6.92 Å². The van der Waals surface area contributed by atoms with Crippen molar-refractivity contribution >= 4 is 17.0 Å². The lowest BCUT2D eigenvalue weighted by Gasteiger charge is -2.28. The third kappa shape index (κ3) is 2.72. The van der Waals surface area contributed by atoms with Gasteiger partial charge in [-0.3, -0.25) is 4.79 Å². The maximum atomic E-state index is 12.9. The lowest BCUT2D eigenvalue weighted by molar-refractivity contribution is 0.0708. The van der Waals surface area contributed by atoms with E-state index in [4.69, 9.17) is 4.52 Å². The maximum Gasteiger partial charge on any atom is 0.257 e. The molecule has 0 bridgehead atoms. The number of aromatic nitrogens is 2. The standard InChI is InChI=1S/C17H22N4O2/c1-12-15-9-13(10-18-16(15)23-19-12)17(22)21-8-4-5-14(21)11-20-6-2-3-7-20/h9-10,14H,2-8,11H2,1H3/t14-/m1/s1. The van der Waals surface area contributed by atoms with Crippen LogP contribution < -0.4 is 0 Å². The van der Waals surface area contributed by atoms with E-state index in [2.05, 4.69) is 15.0 Å². The second-order valence-corrected chi connectivity index (χ2v) is 6.65. The molecule has 0 saturated carbocycles. The fourth-order valence-electron chi connectivity index (χ4n) is 3.78. The number of aryl methyl sites for hydroxylation is 1. The molecule has 0 radical (unpaired) electrons. The Morgan fingerprint density at radius 1 is 1.30 bits per heavy atom. The first-order chi connectivity index (χ1) is 11.2. The summed E-state index contributed by atoms with van der Waals surface area (Å²) in [6, 6.07) is 2.20. The van der Waals surface area contributed by atoms with Crippen LogP contribution in [0.1, 0.15) is 41.7 Å². The molecule has 4 heterocycles. The number of rotatable bonds is 3. The highest BCUT2D eigenvalue weighted by Crippen LogP contribution is 2.24. The summed E-state index contributed by atoms with van der Waals surface area (Å²) in [5, 5.41) is 4.73. The number of hydrogen-bond acceptors (Lipinski definition) is 5. The van der Waals surface area contributed by atoms with Gasteiger partial charge in [0.25, 0.3) is 11.6 Å². The molecule has 2 saturated heterocycles. The molecule has 2 aromatic heterocycles. The van der Waals surface area contributed by atoms with Gasteiger partial charge in [0.2, 0.25) is 0 Å². The minimum atomic E-state index is 0.0849. The van der Waals surface area contributed by atoms with Crippen LogP contribution in [0.25, 0.3) is 11.1 Å². The highest BCUT2D eigenvalue weighted by Gasteiger charge is 2.31. The van der Waals surface area contributed by atoms with E-state index >= 15 is 0 Å². The molecule has 2 aliphatic rings. The fraction of sp³-hybridized carbons (Fsp3) is 0.588. The quantitative estimate of drug-likeness (QED) is 0.869. The molecule has 2 aromatic rings. The predicted molar refractivity (Wildman–Crippen MR) is 86.3 cm³/mol. The zero-order valence-electron chi connectivity index (χ0n) is 13.5. The van der Waals surface area contributed by atoms with Gasteiger partial charge in [0.15, 0.2) is 0 Å². The zero-order valence-corrected chi connectivity index (χ0v) is 13.5. The first kappa shape index (κ1) is 14.6. The summed E-state index contributed by atoms with van der Waals surface area (Å²) in [7, 11) is 0. The number of likely N-dealkylation sites (tertiary alicyclic amines) is 2. The molecule has 4 rings (SSSR count). The van der Waals surface area contributed by atoms with Crippen molar-refractivity contribution in [2.24, 2.45) is 0 Å². The van der Waals surface area contributed by atoms with Crippen molar-refractivity contribution < 1.29 is 9.32 Å². The van der Waals surface area contributed by atoms with Gasteiger partial charge in [0.1, 0.15) is 0 Å². The number of fused-ring (bicyclic) bond motifs is 1. The second-order valence-electron chi connectivity index (χ2n) is 6.65. The highest BCUT2D eigenvalue weighted by atomic mass is 16.5. The van der Waals surface area contributed by atoms with E-state index < -0.39 is 0 Å². The van der Waals surface area contributed by atoms with Crippen molar-refractivity contribution in [2.75, 3.05) is 26.2 Å². The van der Waals surface area contributed by atoms with E-state index in [1.165, 1.54) is 25.9 Å². The molecule has 23 heavy (non-hydrogen) atoms. The minimum absolute atomic E-state index is 0.0849. The Kier molecular flexibility index (Phi) is 3.77. The number of amides is 1. The van der Waals surface area contributed by atoms with Gasteiger partial charge in [0.05, 0.1) is 16.6 Å². The SMILES string of the molecule is Cc1noc2ncc(C(=O)N3CCC[C@@H]3CN3CCCC3)cc12.